The molecular formula is C12H17F2N3O. The fraction of sp³-hybridized carbons (Fsp3) is 0.417. The summed E-state index contributed by atoms with van der Waals surface area (Å²) in [5.74, 6) is -1.29. The van der Waals surface area contributed by atoms with Gasteiger partial charge in [0.25, 0.3) is 0 Å². The Morgan fingerprint density at radius 1 is 1.39 bits per heavy atom. The quantitative estimate of drug-likeness (QED) is 0.773. The Hall–Kier alpha value is -1.69. The van der Waals surface area contributed by atoms with Gasteiger partial charge in [-0.3, -0.25) is 0 Å². The van der Waals surface area contributed by atoms with E-state index in [0.29, 0.717) is 6.07 Å². The molecule has 0 aliphatic rings. The van der Waals surface area contributed by atoms with Crippen LogP contribution < -0.4 is 16.4 Å². The predicted molar refractivity (Wildman–Crippen MR) is 66.2 cm³/mol. The molecule has 100 valence electrons. The Labute approximate surface area is 105 Å². The highest BCUT2D eigenvalue weighted by Crippen LogP contribution is 2.14. The maximum absolute atomic E-state index is 13.2. The summed E-state index contributed by atoms with van der Waals surface area (Å²) in [5.41, 5.74) is 5.66. The van der Waals surface area contributed by atoms with Gasteiger partial charge in [-0.05, 0) is 18.1 Å². The molecule has 0 heterocycles. The molecule has 0 radical (unpaired) electrons. The molecule has 6 heteroatoms. The van der Waals surface area contributed by atoms with E-state index in [9.17, 15) is 13.6 Å². The van der Waals surface area contributed by atoms with Crippen molar-refractivity contribution >= 4 is 11.7 Å². The number of anilines is 1. The molecule has 0 bridgehead atoms. The molecule has 1 rings (SSSR count). The molecule has 0 saturated heterocycles. The standard InChI is InChI=1S/C12H17F2N3O/c1-7(2)10(15)6-16-12(18)17-11-4-3-8(13)5-9(11)14/h3-5,7,10H,6,15H2,1-2H3,(H2,16,17,18). The molecule has 2 amide bonds. The van der Waals surface area contributed by atoms with E-state index in [1.54, 1.807) is 0 Å². The second kappa shape index (κ2) is 6.30. The van der Waals surface area contributed by atoms with Crippen LogP contribution in [-0.4, -0.2) is 18.6 Å². The van der Waals surface area contributed by atoms with E-state index in [0.717, 1.165) is 12.1 Å². The minimum atomic E-state index is -0.821. The van der Waals surface area contributed by atoms with Crippen LogP contribution in [0.25, 0.3) is 0 Å². The number of rotatable bonds is 4. The summed E-state index contributed by atoms with van der Waals surface area (Å²) in [7, 11) is 0. The molecule has 0 aliphatic heterocycles. The van der Waals surface area contributed by atoms with Crippen molar-refractivity contribution in [1.82, 2.24) is 5.32 Å². The van der Waals surface area contributed by atoms with Crippen LogP contribution in [0.2, 0.25) is 0 Å². The number of hydrogen-bond acceptors (Lipinski definition) is 2. The first-order valence-electron chi connectivity index (χ1n) is 5.65. The SMILES string of the molecule is CC(C)C(N)CNC(=O)Nc1ccc(F)cc1F. The maximum Gasteiger partial charge on any atom is 0.319 e. The lowest BCUT2D eigenvalue weighted by Gasteiger charge is -2.16. The zero-order valence-corrected chi connectivity index (χ0v) is 10.3. The van der Waals surface area contributed by atoms with Crippen LogP contribution in [0, 0.1) is 17.6 Å². The van der Waals surface area contributed by atoms with Gasteiger partial charge in [0.05, 0.1) is 5.69 Å². The third kappa shape index (κ3) is 4.29. The van der Waals surface area contributed by atoms with Crippen LogP contribution in [0.3, 0.4) is 0 Å². The van der Waals surface area contributed by atoms with E-state index in [4.69, 9.17) is 5.73 Å². The normalized spacial score (nSPS) is 12.3. The second-order valence-corrected chi connectivity index (χ2v) is 4.37. The first-order valence-corrected chi connectivity index (χ1v) is 5.65. The zero-order chi connectivity index (χ0) is 13.7. The Morgan fingerprint density at radius 2 is 2.06 bits per heavy atom. The molecule has 4 nitrogen and oxygen atoms in total. The van der Waals surface area contributed by atoms with Crippen molar-refractivity contribution in [3.8, 4) is 0 Å². The van der Waals surface area contributed by atoms with Crippen LogP contribution in [-0.2, 0) is 0 Å². The van der Waals surface area contributed by atoms with Crippen molar-refractivity contribution in [1.29, 1.82) is 0 Å². The van der Waals surface area contributed by atoms with Crippen LogP contribution in [0.4, 0.5) is 19.3 Å². The molecule has 0 aromatic heterocycles. The van der Waals surface area contributed by atoms with Crippen molar-refractivity contribution in [2.24, 2.45) is 11.7 Å². The highest BCUT2D eigenvalue weighted by atomic mass is 19.1. The van der Waals surface area contributed by atoms with Crippen LogP contribution in [0.1, 0.15) is 13.8 Å². The van der Waals surface area contributed by atoms with Gasteiger partial charge in [-0.1, -0.05) is 13.8 Å². The minimum absolute atomic E-state index is 0.0768. The number of amides is 2. The van der Waals surface area contributed by atoms with Gasteiger partial charge in [0.2, 0.25) is 0 Å². The first kappa shape index (κ1) is 14.4. The van der Waals surface area contributed by atoms with Crippen molar-refractivity contribution in [2.75, 3.05) is 11.9 Å². The molecule has 1 aromatic rings. The molecular weight excluding hydrogens is 240 g/mol. The molecule has 0 saturated carbocycles. The van der Waals surface area contributed by atoms with Crippen LogP contribution in [0.15, 0.2) is 18.2 Å². The molecule has 4 N–H and O–H groups in total. The number of carbonyl (C=O) groups excluding carboxylic acids is 1. The van der Waals surface area contributed by atoms with E-state index in [1.807, 2.05) is 13.8 Å². The third-order valence-electron chi connectivity index (χ3n) is 2.53. The Morgan fingerprint density at radius 3 is 2.61 bits per heavy atom. The summed E-state index contributed by atoms with van der Waals surface area (Å²) in [6, 6.07) is 2.19. The monoisotopic (exact) mass is 257 g/mol. The molecule has 18 heavy (non-hydrogen) atoms. The van der Waals surface area contributed by atoms with Crippen molar-refractivity contribution < 1.29 is 13.6 Å². The molecule has 0 fully saturated rings. The van der Waals surface area contributed by atoms with Gasteiger partial charge in [-0.2, -0.15) is 0 Å². The summed E-state index contributed by atoms with van der Waals surface area (Å²) < 4.78 is 25.9. The van der Waals surface area contributed by atoms with E-state index < -0.39 is 17.7 Å². The summed E-state index contributed by atoms with van der Waals surface area (Å²) in [6.07, 6.45) is 0. The maximum atomic E-state index is 13.2. The zero-order valence-electron chi connectivity index (χ0n) is 10.3. The fourth-order valence-electron chi connectivity index (χ4n) is 1.20. The molecule has 0 aliphatic carbocycles. The van der Waals surface area contributed by atoms with Gasteiger partial charge in [0.1, 0.15) is 11.6 Å². The highest BCUT2D eigenvalue weighted by molar-refractivity contribution is 5.89. The molecule has 1 aromatic carbocycles. The van der Waals surface area contributed by atoms with Crippen LogP contribution >= 0.6 is 0 Å². The van der Waals surface area contributed by atoms with E-state index >= 15 is 0 Å². The van der Waals surface area contributed by atoms with Crippen molar-refractivity contribution in [3.63, 3.8) is 0 Å². The smallest absolute Gasteiger partial charge is 0.319 e. The summed E-state index contributed by atoms with van der Waals surface area (Å²) in [6.45, 7) is 4.15. The van der Waals surface area contributed by atoms with Crippen molar-refractivity contribution in [2.45, 2.75) is 19.9 Å². The topological polar surface area (TPSA) is 67.1 Å². The number of hydrogen-bond donors (Lipinski definition) is 3. The Balaban J connectivity index is 2.50. The number of carbonyl (C=O) groups is 1. The highest BCUT2D eigenvalue weighted by Gasteiger charge is 2.11. The average Bonchev–Trinajstić information content (AvgIpc) is 2.29. The number of nitrogens with one attached hydrogen (secondary N) is 2. The van der Waals surface area contributed by atoms with E-state index in [-0.39, 0.29) is 24.2 Å². The largest absolute Gasteiger partial charge is 0.336 e. The number of nitrogens with two attached hydrogens (primary N) is 1. The molecule has 0 spiro atoms. The van der Waals surface area contributed by atoms with E-state index in [2.05, 4.69) is 10.6 Å². The molecule has 1 unspecified atom stereocenters. The summed E-state index contributed by atoms with van der Waals surface area (Å²) in [4.78, 5) is 11.4. The van der Waals surface area contributed by atoms with Gasteiger partial charge in [-0.15, -0.1) is 0 Å². The first-order chi connectivity index (χ1) is 8.40. The second-order valence-electron chi connectivity index (χ2n) is 4.37. The Kier molecular flexibility index (Phi) is 5.03. The lowest BCUT2D eigenvalue weighted by Crippen LogP contribution is -2.42. The third-order valence-corrected chi connectivity index (χ3v) is 2.53. The van der Waals surface area contributed by atoms with Crippen molar-refractivity contribution in [3.05, 3.63) is 29.8 Å². The number of benzene rings is 1. The van der Waals surface area contributed by atoms with Gasteiger partial charge in [0.15, 0.2) is 0 Å². The van der Waals surface area contributed by atoms with Gasteiger partial charge in [-0.25, -0.2) is 13.6 Å². The van der Waals surface area contributed by atoms with Gasteiger partial charge in [0, 0.05) is 18.7 Å². The van der Waals surface area contributed by atoms with E-state index in [1.165, 1.54) is 0 Å². The number of urea groups is 1. The lowest BCUT2D eigenvalue weighted by atomic mass is 10.1. The average molecular weight is 257 g/mol. The molecule has 1 atom stereocenters. The number of halogens is 2. The summed E-state index contributed by atoms with van der Waals surface area (Å²) >= 11 is 0. The predicted octanol–water partition coefficient (Wildman–Crippen LogP) is 2.07. The van der Waals surface area contributed by atoms with Crippen LogP contribution in [0.5, 0.6) is 0 Å². The fourth-order valence-corrected chi connectivity index (χ4v) is 1.20. The van der Waals surface area contributed by atoms with Gasteiger partial charge < -0.3 is 16.4 Å². The van der Waals surface area contributed by atoms with Gasteiger partial charge >= 0.3 is 6.03 Å². The Bertz CT molecular complexity index is 424. The summed E-state index contributed by atoms with van der Waals surface area (Å²) in [5, 5.41) is 4.80. The lowest BCUT2D eigenvalue weighted by molar-refractivity contribution is 0.250. The minimum Gasteiger partial charge on any atom is -0.336 e.